The molecule has 0 saturated heterocycles. The van der Waals surface area contributed by atoms with Gasteiger partial charge in [-0.1, -0.05) is 0 Å². The lowest BCUT2D eigenvalue weighted by Crippen LogP contribution is -2.37. The van der Waals surface area contributed by atoms with E-state index >= 15 is 0 Å². The van der Waals surface area contributed by atoms with Crippen molar-refractivity contribution in [2.24, 2.45) is 0 Å². The zero-order chi connectivity index (χ0) is 12.3. The fourth-order valence-electron chi connectivity index (χ4n) is 1.10. The Hall–Kier alpha value is -1.11. The van der Waals surface area contributed by atoms with Gasteiger partial charge in [-0.25, -0.2) is 8.42 Å². The van der Waals surface area contributed by atoms with E-state index in [4.69, 9.17) is 10.2 Å². The second-order valence-electron chi connectivity index (χ2n) is 3.69. The van der Waals surface area contributed by atoms with Crippen LogP contribution in [0.15, 0.2) is 0 Å². The molecule has 6 nitrogen and oxygen atoms in total. The van der Waals surface area contributed by atoms with Crippen LogP contribution in [0, 0.1) is 0 Å². The minimum atomic E-state index is -3.60. The minimum Gasteiger partial charge on any atom is -0.481 e. The summed E-state index contributed by atoms with van der Waals surface area (Å²) in [6.45, 7) is 1.25. The number of carboxylic acids is 2. The molecule has 15 heavy (non-hydrogen) atoms. The van der Waals surface area contributed by atoms with Crippen LogP contribution in [0.1, 0.15) is 26.2 Å². The summed E-state index contributed by atoms with van der Waals surface area (Å²) in [5.41, 5.74) is 0. The Morgan fingerprint density at radius 3 is 1.93 bits per heavy atom. The van der Waals surface area contributed by atoms with Gasteiger partial charge in [0.15, 0.2) is 9.84 Å². The van der Waals surface area contributed by atoms with Gasteiger partial charge in [-0.05, 0) is 13.3 Å². The normalized spacial score (nSPS) is 15.6. The van der Waals surface area contributed by atoms with Gasteiger partial charge < -0.3 is 10.2 Å². The minimum absolute atomic E-state index is 0.201. The van der Waals surface area contributed by atoms with Crippen LogP contribution in [0.2, 0.25) is 0 Å². The van der Waals surface area contributed by atoms with Gasteiger partial charge in [0.2, 0.25) is 0 Å². The van der Waals surface area contributed by atoms with E-state index in [0.29, 0.717) is 0 Å². The van der Waals surface area contributed by atoms with Gasteiger partial charge in [-0.15, -0.1) is 0 Å². The van der Waals surface area contributed by atoms with Crippen molar-refractivity contribution in [2.75, 3.05) is 6.26 Å². The van der Waals surface area contributed by atoms with Crippen molar-refractivity contribution in [3.8, 4) is 0 Å². The van der Waals surface area contributed by atoms with E-state index in [9.17, 15) is 18.0 Å². The first-order chi connectivity index (χ1) is 6.58. The number of hydrogen-bond donors (Lipinski definition) is 2. The van der Waals surface area contributed by atoms with Crippen LogP contribution in [0.4, 0.5) is 0 Å². The summed E-state index contributed by atoms with van der Waals surface area (Å²) in [6, 6.07) is 0. The Balaban J connectivity index is 4.87. The third-order valence-corrected chi connectivity index (χ3v) is 4.43. The van der Waals surface area contributed by atoms with Crippen LogP contribution in [-0.4, -0.2) is 41.6 Å². The van der Waals surface area contributed by atoms with E-state index in [-0.39, 0.29) is 12.8 Å². The van der Waals surface area contributed by atoms with Crippen molar-refractivity contribution in [3.05, 3.63) is 0 Å². The number of sulfone groups is 1. The lowest BCUT2D eigenvalue weighted by Gasteiger charge is -2.24. The smallest absolute Gasteiger partial charge is 0.304 e. The number of rotatable bonds is 6. The molecule has 0 saturated carbocycles. The standard InChI is InChI=1S/C8H14O6S/c1-8(5-7(11)12,15(2,13)14)4-3-6(9)10/h3-5H2,1-2H3,(H,9,10)(H,11,12). The maximum atomic E-state index is 11.3. The number of carboxylic acid groups (broad SMARTS) is 2. The summed E-state index contributed by atoms with van der Waals surface area (Å²) in [7, 11) is -3.60. The van der Waals surface area contributed by atoms with E-state index in [0.717, 1.165) is 6.26 Å². The molecule has 0 aliphatic carbocycles. The molecule has 0 rings (SSSR count). The second-order valence-corrected chi connectivity index (χ2v) is 6.22. The lowest BCUT2D eigenvalue weighted by atomic mass is 10.0. The molecule has 88 valence electrons. The summed E-state index contributed by atoms with van der Waals surface area (Å²) < 4.78 is 21.2. The fourth-order valence-corrected chi connectivity index (χ4v) is 1.95. The third-order valence-electron chi connectivity index (χ3n) is 2.29. The SMILES string of the molecule is CC(CCC(=O)O)(CC(=O)O)S(C)(=O)=O. The molecule has 0 aromatic rings. The average Bonchev–Trinajstić information content (AvgIpc) is 1.97. The van der Waals surface area contributed by atoms with Crippen LogP contribution in [-0.2, 0) is 19.4 Å². The van der Waals surface area contributed by atoms with Gasteiger partial charge >= 0.3 is 11.9 Å². The van der Waals surface area contributed by atoms with Crippen molar-refractivity contribution >= 4 is 21.8 Å². The highest BCUT2D eigenvalue weighted by Crippen LogP contribution is 2.26. The highest BCUT2D eigenvalue weighted by Gasteiger charge is 2.38. The summed E-state index contributed by atoms with van der Waals surface area (Å²) in [5, 5.41) is 17.0. The van der Waals surface area contributed by atoms with Crippen molar-refractivity contribution in [3.63, 3.8) is 0 Å². The molecular weight excluding hydrogens is 224 g/mol. The molecule has 0 spiro atoms. The van der Waals surface area contributed by atoms with Gasteiger partial charge in [0.1, 0.15) is 0 Å². The van der Waals surface area contributed by atoms with Crippen LogP contribution in [0.5, 0.6) is 0 Å². The summed E-state index contributed by atoms with van der Waals surface area (Å²) in [6.07, 6.45) is -0.235. The van der Waals surface area contributed by atoms with Crippen LogP contribution < -0.4 is 0 Å². The van der Waals surface area contributed by atoms with Crippen LogP contribution in [0.3, 0.4) is 0 Å². The Morgan fingerprint density at radius 1 is 1.20 bits per heavy atom. The summed E-state index contributed by atoms with van der Waals surface area (Å²) >= 11 is 0. The molecule has 0 bridgehead atoms. The van der Waals surface area contributed by atoms with E-state index in [1.807, 2.05) is 0 Å². The predicted molar refractivity (Wildman–Crippen MR) is 52.4 cm³/mol. The monoisotopic (exact) mass is 238 g/mol. The first kappa shape index (κ1) is 13.9. The Bertz CT molecular complexity index is 357. The second kappa shape index (κ2) is 4.61. The maximum absolute atomic E-state index is 11.3. The van der Waals surface area contributed by atoms with Crippen molar-refractivity contribution in [2.45, 2.75) is 30.9 Å². The number of carbonyl (C=O) groups is 2. The zero-order valence-electron chi connectivity index (χ0n) is 8.56. The van der Waals surface area contributed by atoms with Gasteiger partial charge in [-0.2, -0.15) is 0 Å². The first-order valence-electron chi connectivity index (χ1n) is 4.22. The van der Waals surface area contributed by atoms with Crippen LogP contribution in [0.25, 0.3) is 0 Å². The van der Waals surface area contributed by atoms with Crippen molar-refractivity contribution < 1.29 is 28.2 Å². The van der Waals surface area contributed by atoms with Gasteiger partial charge in [0.25, 0.3) is 0 Å². The van der Waals surface area contributed by atoms with E-state index in [1.54, 1.807) is 0 Å². The fraction of sp³-hybridized carbons (Fsp3) is 0.750. The van der Waals surface area contributed by atoms with E-state index < -0.39 is 32.9 Å². The molecule has 0 aromatic carbocycles. The zero-order valence-corrected chi connectivity index (χ0v) is 9.37. The van der Waals surface area contributed by atoms with Crippen molar-refractivity contribution in [1.29, 1.82) is 0 Å². The highest BCUT2D eigenvalue weighted by atomic mass is 32.2. The van der Waals surface area contributed by atoms with Crippen LogP contribution >= 0.6 is 0 Å². The number of hydrogen-bond acceptors (Lipinski definition) is 4. The average molecular weight is 238 g/mol. The molecule has 0 radical (unpaired) electrons. The third kappa shape index (κ3) is 4.28. The Morgan fingerprint density at radius 2 is 1.67 bits per heavy atom. The van der Waals surface area contributed by atoms with Gasteiger partial charge in [-0.3, -0.25) is 9.59 Å². The summed E-state index contributed by atoms with van der Waals surface area (Å²) in [4.78, 5) is 20.8. The molecular formula is C8H14O6S. The highest BCUT2D eigenvalue weighted by molar-refractivity contribution is 7.92. The molecule has 0 amide bonds. The van der Waals surface area contributed by atoms with Gasteiger partial charge in [0.05, 0.1) is 11.2 Å². The van der Waals surface area contributed by atoms with E-state index in [2.05, 4.69) is 0 Å². The predicted octanol–water partition coefficient (Wildman–Crippen LogP) is 0.129. The first-order valence-corrected chi connectivity index (χ1v) is 6.11. The molecule has 0 aliphatic rings. The molecule has 7 heteroatoms. The Labute approximate surface area is 87.8 Å². The largest absolute Gasteiger partial charge is 0.481 e. The number of aliphatic carboxylic acids is 2. The molecule has 0 aromatic heterocycles. The summed E-state index contributed by atoms with van der Waals surface area (Å²) in [5.74, 6) is -2.40. The molecule has 1 unspecified atom stereocenters. The topological polar surface area (TPSA) is 109 Å². The van der Waals surface area contributed by atoms with E-state index in [1.165, 1.54) is 6.92 Å². The molecule has 1 atom stereocenters. The quantitative estimate of drug-likeness (QED) is 0.680. The molecule has 0 heterocycles. The maximum Gasteiger partial charge on any atom is 0.304 e. The molecule has 0 fully saturated rings. The van der Waals surface area contributed by atoms with Crippen molar-refractivity contribution in [1.82, 2.24) is 0 Å². The molecule has 2 N–H and O–H groups in total. The Kier molecular flexibility index (Phi) is 4.27. The lowest BCUT2D eigenvalue weighted by molar-refractivity contribution is -0.139. The molecule has 0 aliphatic heterocycles. The van der Waals surface area contributed by atoms with Gasteiger partial charge in [0, 0.05) is 12.7 Å².